The van der Waals surface area contributed by atoms with E-state index in [-0.39, 0.29) is 35.7 Å². The van der Waals surface area contributed by atoms with Crippen LogP contribution in [0.3, 0.4) is 0 Å². The maximum Gasteiger partial charge on any atom is 0.322 e. The number of benzene rings is 2. The van der Waals surface area contributed by atoms with Crippen molar-refractivity contribution in [3.63, 3.8) is 0 Å². The fourth-order valence-corrected chi connectivity index (χ4v) is 8.40. The van der Waals surface area contributed by atoms with Gasteiger partial charge in [-0.25, -0.2) is 4.79 Å². The molecule has 3 heterocycles. The standard InChI is InChI=1S/C32H39N5O3S/c33-19-23-10-4-6-12-26(23)31-37(20-22-8-2-1-3-9-22)30(39)28(41-31)18-29(38)35-16-14-25(15-17-35)36-21-24-11-5-7-13-27(24)34-32(36)40/h4-7,10-13,19,22,25,28,31,33H,1-3,8-9,14-18,20-21H2,(H,34,40). The molecule has 0 spiro atoms. The zero-order valence-corrected chi connectivity index (χ0v) is 24.3. The molecule has 41 heavy (non-hydrogen) atoms. The molecule has 0 radical (unpaired) electrons. The van der Waals surface area contributed by atoms with Gasteiger partial charge in [-0.15, -0.1) is 11.8 Å². The lowest BCUT2D eigenvalue weighted by Crippen LogP contribution is -2.51. The number of likely N-dealkylation sites (tertiary alicyclic amines) is 1. The van der Waals surface area contributed by atoms with Crippen molar-refractivity contribution < 1.29 is 14.4 Å². The summed E-state index contributed by atoms with van der Waals surface area (Å²) in [4.78, 5) is 45.8. The van der Waals surface area contributed by atoms with E-state index in [9.17, 15) is 14.4 Å². The van der Waals surface area contributed by atoms with Crippen LogP contribution < -0.4 is 5.32 Å². The van der Waals surface area contributed by atoms with E-state index < -0.39 is 5.25 Å². The van der Waals surface area contributed by atoms with E-state index in [0.717, 1.165) is 54.6 Å². The number of piperidine rings is 1. The Bertz CT molecular complexity index is 1300. The number of carbonyl (C=O) groups excluding carboxylic acids is 3. The van der Waals surface area contributed by atoms with E-state index in [0.29, 0.717) is 25.6 Å². The predicted molar refractivity (Wildman–Crippen MR) is 162 cm³/mol. The molecule has 0 aromatic heterocycles. The monoisotopic (exact) mass is 573 g/mol. The summed E-state index contributed by atoms with van der Waals surface area (Å²) in [5.41, 5.74) is 3.79. The lowest BCUT2D eigenvalue weighted by molar-refractivity contribution is -0.137. The predicted octanol–water partition coefficient (Wildman–Crippen LogP) is 5.64. The molecule has 2 unspecified atom stereocenters. The SMILES string of the molecule is N=Cc1ccccc1C1SC(CC(=O)N2CCC(N3Cc4ccccc4NC3=O)CC2)C(=O)N1CC1CCCCC1. The smallest absolute Gasteiger partial charge is 0.322 e. The molecule has 9 heteroatoms. The Balaban J connectivity index is 1.10. The molecular formula is C32H39N5O3S. The lowest BCUT2D eigenvalue weighted by atomic mass is 9.88. The van der Waals surface area contributed by atoms with Crippen molar-refractivity contribution in [2.24, 2.45) is 5.92 Å². The van der Waals surface area contributed by atoms with E-state index in [2.05, 4.69) is 5.32 Å². The molecule has 2 aromatic carbocycles. The van der Waals surface area contributed by atoms with Gasteiger partial charge in [0.05, 0.1) is 5.25 Å². The van der Waals surface area contributed by atoms with Gasteiger partial charge in [-0.1, -0.05) is 61.7 Å². The van der Waals surface area contributed by atoms with Gasteiger partial charge in [-0.05, 0) is 54.4 Å². The van der Waals surface area contributed by atoms with Crippen molar-refractivity contribution >= 4 is 41.5 Å². The van der Waals surface area contributed by atoms with Crippen molar-refractivity contribution in [1.82, 2.24) is 14.7 Å². The minimum atomic E-state index is -0.419. The highest BCUT2D eigenvalue weighted by atomic mass is 32.2. The number of urea groups is 1. The van der Waals surface area contributed by atoms with Crippen LogP contribution in [0.4, 0.5) is 10.5 Å². The molecule has 6 rings (SSSR count). The van der Waals surface area contributed by atoms with Crippen LogP contribution in [0.25, 0.3) is 0 Å². The minimum absolute atomic E-state index is 0.0151. The van der Waals surface area contributed by atoms with Crippen LogP contribution in [-0.2, 0) is 16.1 Å². The first-order valence-corrected chi connectivity index (χ1v) is 15.9. The van der Waals surface area contributed by atoms with Crippen LogP contribution in [0.2, 0.25) is 0 Å². The van der Waals surface area contributed by atoms with Gasteiger partial charge in [0.15, 0.2) is 0 Å². The molecule has 3 fully saturated rings. The first kappa shape index (κ1) is 27.8. The molecule has 3 aliphatic heterocycles. The fraction of sp³-hybridized carbons (Fsp3) is 0.500. The Kier molecular flexibility index (Phi) is 8.32. The normalized spacial score (nSPS) is 23.9. The number of hydrogen-bond donors (Lipinski definition) is 2. The van der Waals surface area contributed by atoms with Gasteiger partial charge in [0, 0.05) is 50.5 Å². The van der Waals surface area contributed by atoms with Crippen LogP contribution in [0.15, 0.2) is 48.5 Å². The van der Waals surface area contributed by atoms with Crippen molar-refractivity contribution in [2.75, 3.05) is 25.0 Å². The van der Waals surface area contributed by atoms with Crippen LogP contribution in [0.5, 0.6) is 0 Å². The zero-order chi connectivity index (χ0) is 28.3. The first-order valence-electron chi connectivity index (χ1n) is 15.0. The molecular weight excluding hydrogens is 534 g/mol. The molecule has 0 bridgehead atoms. The number of amides is 4. The highest BCUT2D eigenvalue weighted by Gasteiger charge is 2.44. The van der Waals surface area contributed by atoms with E-state index in [1.165, 1.54) is 25.5 Å². The number of anilines is 1. The van der Waals surface area contributed by atoms with Crippen LogP contribution in [0.1, 0.15) is 73.4 Å². The Labute approximate surface area is 246 Å². The van der Waals surface area contributed by atoms with Gasteiger partial charge in [0.25, 0.3) is 0 Å². The zero-order valence-electron chi connectivity index (χ0n) is 23.5. The second-order valence-electron chi connectivity index (χ2n) is 11.8. The number of nitrogens with one attached hydrogen (secondary N) is 2. The summed E-state index contributed by atoms with van der Waals surface area (Å²) in [6.07, 6.45) is 9.00. The van der Waals surface area contributed by atoms with Gasteiger partial charge in [-0.2, -0.15) is 0 Å². The van der Waals surface area contributed by atoms with Crippen LogP contribution in [0, 0.1) is 11.3 Å². The average Bonchev–Trinajstić information content (AvgIpc) is 3.31. The third kappa shape index (κ3) is 5.87. The number of para-hydroxylation sites is 1. The number of carbonyl (C=O) groups is 3. The second kappa shape index (κ2) is 12.3. The molecule has 2 atom stereocenters. The summed E-state index contributed by atoms with van der Waals surface area (Å²) in [5.74, 6) is 0.564. The van der Waals surface area contributed by atoms with E-state index in [4.69, 9.17) is 5.41 Å². The van der Waals surface area contributed by atoms with Crippen molar-refractivity contribution in [2.45, 2.75) is 74.6 Å². The third-order valence-corrected chi connectivity index (χ3v) is 10.7. The molecule has 1 aliphatic carbocycles. The number of hydrogen-bond acceptors (Lipinski definition) is 5. The number of nitrogens with zero attached hydrogens (tertiary/aromatic N) is 3. The Morgan fingerprint density at radius 2 is 1.71 bits per heavy atom. The van der Waals surface area contributed by atoms with E-state index >= 15 is 0 Å². The summed E-state index contributed by atoms with van der Waals surface area (Å²) >= 11 is 1.57. The van der Waals surface area contributed by atoms with Gasteiger partial charge >= 0.3 is 6.03 Å². The highest BCUT2D eigenvalue weighted by Crippen LogP contribution is 2.46. The van der Waals surface area contributed by atoms with Crippen molar-refractivity contribution in [1.29, 1.82) is 5.41 Å². The summed E-state index contributed by atoms with van der Waals surface area (Å²) in [6, 6.07) is 15.7. The van der Waals surface area contributed by atoms with E-state index in [1.54, 1.807) is 11.8 Å². The topological polar surface area (TPSA) is 96.8 Å². The van der Waals surface area contributed by atoms with Crippen molar-refractivity contribution in [3.8, 4) is 0 Å². The van der Waals surface area contributed by atoms with Gasteiger partial charge in [-0.3, -0.25) is 9.59 Å². The Hall–Kier alpha value is -3.33. The van der Waals surface area contributed by atoms with Gasteiger partial charge in [0.2, 0.25) is 11.8 Å². The van der Waals surface area contributed by atoms with Gasteiger partial charge in [0.1, 0.15) is 5.37 Å². The summed E-state index contributed by atoms with van der Waals surface area (Å²) in [7, 11) is 0. The average molecular weight is 574 g/mol. The molecule has 216 valence electrons. The number of fused-ring (bicyclic) bond motifs is 1. The number of thioether (sulfide) groups is 1. The lowest BCUT2D eigenvalue weighted by Gasteiger charge is -2.40. The third-order valence-electron chi connectivity index (χ3n) is 9.21. The molecule has 4 amide bonds. The molecule has 1 saturated carbocycles. The number of rotatable bonds is 7. The summed E-state index contributed by atoms with van der Waals surface area (Å²) < 4.78 is 0. The van der Waals surface area contributed by atoms with Gasteiger partial charge < -0.3 is 25.4 Å². The molecule has 4 aliphatic rings. The molecule has 2 saturated heterocycles. The maximum absolute atomic E-state index is 13.8. The molecule has 2 N–H and O–H groups in total. The van der Waals surface area contributed by atoms with Crippen LogP contribution in [-0.4, -0.2) is 69.7 Å². The minimum Gasteiger partial charge on any atom is -0.342 e. The van der Waals surface area contributed by atoms with Crippen molar-refractivity contribution in [3.05, 3.63) is 65.2 Å². The molecule has 2 aromatic rings. The Morgan fingerprint density at radius 1 is 0.976 bits per heavy atom. The second-order valence-corrected chi connectivity index (χ2v) is 13.1. The largest absolute Gasteiger partial charge is 0.342 e. The van der Waals surface area contributed by atoms with Crippen LogP contribution >= 0.6 is 11.8 Å². The Morgan fingerprint density at radius 3 is 2.49 bits per heavy atom. The maximum atomic E-state index is 13.8. The summed E-state index contributed by atoms with van der Waals surface area (Å²) in [6.45, 7) is 2.49. The molecule has 8 nitrogen and oxygen atoms in total. The summed E-state index contributed by atoms with van der Waals surface area (Å²) in [5, 5.41) is 10.3. The van der Waals surface area contributed by atoms with E-state index in [1.807, 2.05) is 63.2 Å². The highest BCUT2D eigenvalue weighted by molar-refractivity contribution is 8.01. The quantitative estimate of drug-likeness (QED) is 0.419. The first-order chi connectivity index (χ1) is 20.0. The fourth-order valence-electron chi connectivity index (χ4n) is 6.90.